The molecule has 4 aliphatic rings. The fraction of sp³-hybridized carbons (Fsp3) is 0.379. The van der Waals surface area contributed by atoms with Gasteiger partial charge in [0.25, 0.3) is 0 Å². The third kappa shape index (κ3) is 4.24. The number of hydrogen-bond donors (Lipinski definition) is 1. The first-order valence-corrected chi connectivity index (χ1v) is 13.4. The molecule has 0 radical (unpaired) electrons. The SMILES string of the molecule is COc1ccc(CN2C3CC2CN(c2ccc(-c4cc(N5CC[C@H](O)C5)cn5ncc(C#N)c45)cn2)C3)cn1. The van der Waals surface area contributed by atoms with Crippen LogP contribution in [0.5, 0.6) is 5.88 Å². The van der Waals surface area contributed by atoms with Crippen molar-refractivity contribution in [3.63, 3.8) is 0 Å². The van der Waals surface area contributed by atoms with Crippen LogP contribution in [0.2, 0.25) is 0 Å². The summed E-state index contributed by atoms with van der Waals surface area (Å²) in [7, 11) is 1.64. The van der Waals surface area contributed by atoms with Gasteiger partial charge in [-0.25, -0.2) is 14.5 Å². The molecule has 4 saturated heterocycles. The Morgan fingerprint density at radius 3 is 2.59 bits per heavy atom. The number of fused-ring (bicyclic) bond motifs is 3. The molecule has 8 heterocycles. The molecule has 2 unspecified atom stereocenters. The summed E-state index contributed by atoms with van der Waals surface area (Å²) < 4.78 is 6.95. The molecule has 39 heavy (non-hydrogen) atoms. The molecule has 10 nitrogen and oxygen atoms in total. The van der Waals surface area contributed by atoms with Crippen molar-refractivity contribution in [3.8, 4) is 23.1 Å². The zero-order chi connectivity index (χ0) is 26.5. The highest BCUT2D eigenvalue weighted by Gasteiger charge is 2.44. The summed E-state index contributed by atoms with van der Waals surface area (Å²) in [4.78, 5) is 16.3. The largest absolute Gasteiger partial charge is 0.481 e. The Kier molecular flexibility index (Phi) is 5.83. The maximum absolute atomic E-state index is 10.1. The Hall–Kier alpha value is -4.20. The zero-order valence-electron chi connectivity index (χ0n) is 21.8. The van der Waals surface area contributed by atoms with Crippen molar-refractivity contribution >= 4 is 17.0 Å². The number of β-amino-alcohol motifs (C(OH)–C–C–N with tert-alkyl or cyclic N) is 1. The van der Waals surface area contributed by atoms with E-state index in [2.05, 4.69) is 55.1 Å². The van der Waals surface area contributed by atoms with Gasteiger partial charge < -0.3 is 19.6 Å². The molecule has 10 heteroatoms. The number of methoxy groups -OCH3 is 1. The zero-order valence-corrected chi connectivity index (χ0v) is 21.8. The number of hydrogen-bond acceptors (Lipinski definition) is 9. The molecule has 0 spiro atoms. The van der Waals surface area contributed by atoms with Gasteiger partial charge in [-0.2, -0.15) is 10.4 Å². The van der Waals surface area contributed by atoms with E-state index < -0.39 is 0 Å². The van der Waals surface area contributed by atoms with Crippen LogP contribution >= 0.6 is 0 Å². The van der Waals surface area contributed by atoms with E-state index in [1.165, 1.54) is 12.0 Å². The van der Waals surface area contributed by atoms with Crippen molar-refractivity contribution in [1.82, 2.24) is 24.5 Å². The Morgan fingerprint density at radius 2 is 1.92 bits per heavy atom. The molecule has 0 amide bonds. The number of piperidine rings is 1. The quantitative estimate of drug-likeness (QED) is 0.409. The molecule has 4 aromatic heterocycles. The predicted molar refractivity (Wildman–Crippen MR) is 147 cm³/mol. The Labute approximate surface area is 226 Å². The molecule has 2 bridgehead atoms. The molecule has 4 aliphatic heterocycles. The lowest BCUT2D eigenvalue weighted by molar-refractivity contribution is -0.00876. The highest BCUT2D eigenvalue weighted by molar-refractivity contribution is 5.86. The molecule has 198 valence electrons. The van der Waals surface area contributed by atoms with Crippen molar-refractivity contribution < 1.29 is 9.84 Å². The number of ether oxygens (including phenoxy) is 1. The summed E-state index contributed by atoms with van der Waals surface area (Å²) in [6.07, 6.45) is 9.00. The Balaban J connectivity index is 1.10. The summed E-state index contributed by atoms with van der Waals surface area (Å²) in [6.45, 7) is 4.19. The van der Waals surface area contributed by atoms with Crippen LogP contribution in [0.1, 0.15) is 24.0 Å². The van der Waals surface area contributed by atoms with Gasteiger partial charge in [-0.15, -0.1) is 0 Å². The number of aliphatic hydroxyl groups excluding tert-OH is 1. The first kappa shape index (κ1) is 23.9. The number of anilines is 2. The van der Waals surface area contributed by atoms with Crippen molar-refractivity contribution in [1.29, 1.82) is 5.26 Å². The third-order valence-electron chi connectivity index (χ3n) is 8.35. The third-order valence-corrected chi connectivity index (χ3v) is 8.35. The summed E-state index contributed by atoms with van der Waals surface area (Å²) in [5, 5.41) is 24.2. The average molecular weight is 523 g/mol. The number of aliphatic hydroxyl groups is 1. The first-order chi connectivity index (χ1) is 19.1. The second kappa shape index (κ2) is 9.52. The van der Waals surface area contributed by atoms with E-state index in [4.69, 9.17) is 9.72 Å². The van der Waals surface area contributed by atoms with Gasteiger partial charge in [0.1, 0.15) is 11.9 Å². The molecular formula is C29H30N8O2. The molecular weight excluding hydrogens is 492 g/mol. The van der Waals surface area contributed by atoms with Crippen molar-refractivity contribution in [2.45, 2.75) is 37.6 Å². The minimum absolute atomic E-state index is 0.322. The van der Waals surface area contributed by atoms with Gasteiger partial charge in [0.05, 0.1) is 42.4 Å². The normalized spacial score (nSPS) is 22.6. The van der Waals surface area contributed by atoms with E-state index in [0.29, 0.717) is 30.1 Å². The lowest BCUT2D eigenvalue weighted by atomic mass is 9.87. The van der Waals surface area contributed by atoms with E-state index in [1.807, 2.05) is 24.7 Å². The molecule has 0 aliphatic carbocycles. The van der Waals surface area contributed by atoms with Crippen molar-refractivity contribution in [2.75, 3.05) is 43.1 Å². The van der Waals surface area contributed by atoms with E-state index >= 15 is 0 Å². The molecule has 4 fully saturated rings. The van der Waals surface area contributed by atoms with E-state index in [-0.39, 0.29) is 6.10 Å². The molecule has 0 saturated carbocycles. The van der Waals surface area contributed by atoms with E-state index in [1.54, 1.807) is 17.8 Å². The maximum atomic E-state index is 10.1. The Morgan fingerprint density at radius 1 is 1.05 bits per heavy atom. The monoisotopic (exact) mass is 522 g/mol. The van der Waals surface area contributed by atoms with Crippen LogP contribution in [-0.2, 0) is 6.54 Å². The van der Waals surface area contributed by atoms with Crippen molar-refractivity contribution in [2.24, 2.45) is 0 Å². The lowest BCUT2D eigenvalue weighted by Crippen LogP contribution is -2.68. The number of piperazine rings is 1. The van der Waals surface area contributed by atoms with Crippen LogP contribution < -0.4 is 14.5 Å². The number of nitrogens with zero attached hydrogens (tertiary/aromatic N) is 8. The second-order valence-electron chi connectivity index (χ2n) is 10.7. The predicted octanol–water partition coefficient (Wildman–Crippen LogP) is 2.71. The van der Waals surface area contributed by atoms with Gasteiger partial charge in [-0.1, -0.05) is 6.07 Å². The number of pyridine rings is 3. The highest BCUT2D eigenvalue weighted by atomic mass is 16.5. The van der Waals surface area contributed by atoms with Gasteiger partial charge >= 0.3 is 0 Å². The van der Waals surface area contributed by atoms with Crippen LogP contribution in [0.4, 0.5) is 11.5 Å². The number of rotatable bonds is 6. The van der Waals surface area contributed by atoms with E-state index in [9.17, 15) is 10.4 Å². The van der Waals surface area contributed by atoms with Gasteiger partial charge in [0.15, 0.2) is 0 Å². The smallest absolute Gasteiger partial charge is 0.212 e. The van der Waals surface area contributed by atoms with Gasteiger partial charge in [-0.05, 0) is 36.6 Å². The van der Waals surface area contributed by atoms with Crippen molar-refractivity contribution in [3.05, 3.63) is 66.2 Å². The lowest BCUT2D eigenvalue weighted by Gasteiger charge is -2.56. The van der Waals surface area contributed by atoms with Gasteiger partial charge in [0, 0.05) is 74.4 Å². The van der Waals surface area contributed by atoms with Gasteiger partial charge in [0.2, 0.25) is 5.88 Å². The summed E-state index contributed by atoms with van der Waals surface area (Å²) in [5.41, 5.74) is 5.36. The minimum Gasteiger partial charge on any atom is -0.481 e. The summed E-state index contributed by atoms with van der Waals surface area (Å²) >= 11 is 0. The van der Waals surface area contributed by atoms with Crippen LogP contribution in [0, 0.1) is 11.3 Å². The summed E-state index contributed by atoms with van der Waals surface area (Å²) in [6, 6.07) is 13.6. The fourth-order valence-electron chi connectivity index (χ4n) is 6.26. The molecule has 8 rings (SSSR count). The maximum Gasteiger partial charge on any atom is 0.212 e. The number of aromatic nitrogens is 4. The van der Waals surface area contributed by atoms with Crippen LogP contribution in [0.3, 0.4) is 0 Å². The fourth-order valence-corrected chi connectivity index (χ4v) is 6.26. The second-order valence-corrected chi connectivity index (χ2v) is 10.7. The van der Waals surface area contributed by atoms with Gasteiger partial charge in [-0.3, -0.25) is 4.90 Å². The first-order valence-electron chi connectivity index (χ1n) is 13.4. The minimum atomic E-state index is -0.322. The highest BCUT2D eigenvalue weighted by Crippen LogP contribution is 2.37. The molecule has 3 atom stereocenters. The van der Waals surface area contributed by atoms with Crippen LogP contribution in [0.15, 0.2) is 55.1 Å². The van der Waals surface area contributed by atoms with Crippen LogP contribution in [-0.4, -0.2) is 81.1 Å². The molecule has 4 aromatic rings. The molecule has 1 N–H and O–H groups in total. The topological polar surface area (TPSA) is 106 Å². The number of nitriles is 1. The molecule has 0 aromatic carbocycles. The average Bonchev–Trinajstić information content (AvgIpc) is 3.62. The Bertz CT molecular complexity index is 1530. The van der Waals surface area contributed by atoms with E-state index in [0.717, 1.165) is 60.7 Å². The summed E-state index contributed by atoms with van der Waals surface area (Å²) in [5.74, 6) is 1.62. The standard InChI is InChI=1S/C29H30N8O2/c1-39-28-5-2-19(11-32-28)14-36-23-8-24(36)16-35(15-23)27-4-3-20(12-31-27)26-9-22(34-7-6-25(38)18-34)17-37-29(26)21(10-30)13-33-37/h2-5,9,11-13,17,23-25,38H,6-8,14-16,18H2,1H3/t23?,24?,25-/m0/s1. The van der Waals surface area contributed by atoms with Crippen LogP contribution in [0.25, 0.3) is 16.6 Å².